The average Bonchev–Trinajstić information content (AvgIpc) is 1.98. The molecule has 0 spiro atoms. The zero-order valence-corrected chi connectivity index (χ0v) is 5.86. The summed E-state index contributed by atoms with van der Waals surface area (Å²) >= 11 is 0. The second-order valence-electron chi connectivity index (χ2n) is 1.90. The molecule has 0 saturated heterocycles. The van der Waals surface area contributed by atoms with Crippen molar-refractivity contribution in [2.45, 2.75) is 12.1 Å². The van der Waals surface area contributed by atoms with E-state index in [1.54, 1.807) is 0 Å². The van der Waals surface area contributed by atoms with Crippen molar-refractivity contribution < 1.29 is 22.0 Å². The Morgan fingerprint density at radius 1 is 1.00 bits per heavy atom. The molecule has 0 rings (SSSR count). The van der Waals surface area contributed by atoms with E-state index < -0.39 is 23.7 Å². The first-order valence-corrected chi connectivity index (χ1v) is 2.72. The molecule has 0 heterocycles. The third kappa shape index (κ3) is 2.71. The van der Waals surface area contributed by atoms with Crippen molar-refractivity contribution in [3.8, 4) is 12.1 Å². The number of allylic oxidation sites excluding steroid dienone is 2. The fraction of sp³-hybridized carbons (Fsp3) is 0.333. The van der Waals surface area contributed by atoms with Crippen LogP contribution in [0.15, 0.2) is 11.6 Å². The van der Waals surface area contributed by atoms with Crippen molar-refractivity contribution in [2.75, 3.05) is 0 Å². The second-order valence-corrected chi connectivity index (χ2v) is 1.90. The van der Waals surface area contributed by atoms with E-state index in [2.05, 4.69) is 0 Å². The number of alkyl halides is 5. The van der Waals surface area contributed by atoms with Crippen molar-refractivity contribution >= 4 is 0 Å². The number of nitriles is 2. The highest BCUT2D eigenvalue weighted by Gasteiger charge is 2.56. The van der Waals surface area contributed by atoms with Crippen molar-refractivity contribution in [1.29, 1.82) is 10.5 Å². The van der Waals surface area contributed by atoms with Crippen LogP contribution >= 0.6 is 0 Å². The van der Waals surface area contributed by atoms with Gasteiger partial charge in [0.25, 0.3) is 0 Å². The first-order chi connectivity index (χ1) is 5.74. The van der Waals surface area contributed by atoms with E-state index in [1.807, 2.05) is 0 Å². The summed E-state index contributed by atoms with van der Waals surface area (Å²) < 4.78 is 58.5. The molecule has 0 aromatic carbocycles. The van der Waals surface area contributed by atoms with Crippen molar-refractivity contribution in [2.24, 2.45) is 0 Å². The SMILES string of the molecule is N#CC(C#N)=CC(F)(F)C(F)(F)F. The van der Waals surface area contributed by atoms with E-state index in [0.29, 0.717) is 0 Å². The van der Waals surface area contributed by atoms with E-state index in [-0.39, 0.29) is 0 Å². The van der Waals surface area contributed by atoms with Gasteiger partial charge in [-0.05, 0) is 0 Å². The lowest BCUT2D eigenvalue weighted by atomic mass is 10.2. The molecule has 0 fully saturated rings. The van der Waals surface area contributed by atoms with Crippen LogP contribution < -0.4 is 0 Å². The number of rotatable bonds is 1. The third-order valence-electron chi connectivity index (χ3n) is 0.944. The Bertz CT molecular complexity index is 284. The van der Waals surface area contributed by atoms with Crippen molar-refractivity contribution in [1.82, 2.24) is 0 Å². The lowest BCUT2D eigenvalue weighted by Gasteiger charge is -2.14. The Kier molecular flexibility index (Phi) is 2.97. The van der Waals surface area contributed by atoms with Crippen LogP contribution in [0.4, 0.5) is 22.0 Å². The van der Waals surface area contributed by atoms with Crippen LogP contribution in [0.3, 0.4) is 0 Å². The summed E-state index contributed by atoms with van der Waals surface area (Å²) in [6, 6.07) is 1.80. The van der Waals surface area contributed by atoms with Crippen molar-refractivity contribution in [3.63, 3.8) is 0 Å². The number of nitrogens with zero attached hydrogens (tertiary/aromatic N) is 2. The van der Waals surface area contributed by atoms with Crippen molar-refractivity contribution in [3.05, 3.63) is 11.6 Å². The van der Waals surface area contributed by atoms with Gasteiger partial charge in [-0.3, -0.25) is 0 Å². The molecule has 0 amide bonds. The fourth-order valence-corrected chi connectivity index (χ4v) is 0.353. The molecule has 0 aliphatic carbocycles. The van der Waals surface area contributed by atoms with Crippen LogP contribution in [-0.4, -0.2) is 12.1 Å². The topological polar surface area (TPSA) is 47.6 Å². The normalized spacial score (nSPS) is 11.3. The van der Waals surface area contributed by atoms with Crippen LogP contribution in [0, 0.1) is 22.7 Å². The van der Waals surface area contributed by atoms with Crippen LogP contribution in [0.2, 0.25) is 0 Å². The van der Waals surface area contributed by atoms with Gasteiger partial charge < -0.3 is 0 Å². The summed E-state index contributed by atoms with van der Waals surface area (Å²) in [7, 11) is 0. The molecule has 0 unspecified atom stereocenters. The minimum atomic E-state index is -5.79. The Balaban J connectivity index is 5.03. The predicted molar refractivity (Wildman–Crippen MR) is 30.3 cm³/mol. The Morgan fingerprint density at radius 3 is 1.62 bits per heavy atom. The standard InChI is InChI=1S/C6HF5N2/c7-5(8,6(9,10)11)1-4(2-12)3-13/h1H. The molecule has 0 N–H and O–H groups in total. The van der Waals surface area contributed by atoms with E-state index in [0.717, 1.165) is 12.1 Å². The van der Waals surface area contributed by atoms with Crippen LogP contribution in [-0.2, 0) is 0 Å². The molecular weight excluding hydrogens is 195 g/mol. The summed E-state index contributed by atoms with van der Waals surface area (Å²) in [5.41, 5.74) is -1.28. The summed E-state index contributed by atoms with van der Waals surface area (Å²) in [5, 5.41) is 15.8. The minimum Gasteiger partial charge on any atom is -0.192 e. The molecule has 7 heteroatoms. The predicted octanol–water partition coefficient (Wildman–Crippen LogP) is 2.16. The van der Waals surface area contributed by atoms with Gasteiger partial charge >= 0.3 is 12.1 Å². The van der Waals surface area contributed by atoms with Gasteiger partial charge in [0, 0.05) is 6.08 Å². The molecule has 70 valence electrons. The Hall–Kier alpha value is -1.63. The first-order valence-electron chi connectivity index (χ1n) is 2.72. The van der Waals surface area contributed by atoms with Crippen LogP contribution in [0.5, 0.6) is 0 Å². The summed E-state index contributed by atoms with van der Waals surface area (Å²) in [6.07, 6.45) is -6.50. The average molecular weight is 196 g/mol. The molecule has 13 heavy (non-hydrogen) atoms. The molecule has 0 bridgehead atoms. The van der Waals surface area contributed by atoms with Gasteiger partial charge in [0.15, 0.2) is 0 Å². The molecular formula is C6HF5N2. The van der Waals surface area contributed by atoms with Gasteiger partial charge in [-0.2, -0.15) is 32.5 Å². The summed E-state index contributed by atoms with van der Waals surface area (Å²) in [4.78, 5) is 0. The van der Waals surface area contributed by atoms with E-state index in [9.17, 15) is 22.0 Å². The van der Waals surface area contributed by atoms with Gasteiger partial charge in [0.2, 0.25) is 0 Å². The molecule has 0 aromatic rings. The van der Waals surface area contributed by atoms with E-state index >= 15 is 0 Å². The summed E-state index contributed by atoms with van der Waals surface area (Å²) in [6.45, 7) is 0. The van der Waals surface area contributed by atoms with Gasteiger partial charge in [-0.1, -0.05) is 0 Å². The zero-order chi connectivity index (χ0) is 10.7. The zero-order valence-electron chi connectivity index (χ0n) is 5.86. The van der Waals surface area contributed by atoms with E-state index in [4.69, 9.17) is 10.5 Å². The molecule has 0 aromatic heterocycles. The molecule has 2 nitrogen and oxygen atoms in total. The van der Waals surface area contributed by atoms with Gasteiger partial charge in [0.05, 0.1) is 0 Å². The monoisotopic (exact) mass is 196 g/mol. The molecule has 0 atom stereocenters. The quantitative estimate of drug-likeness (QED) is 0.476. The highest BCUT2D eigenvalue weighted by molar-refractivity contribution is 5.37. The lowest BCUT2D eigenvalue weighted by Crippen LogP contribution is -2.34. The van der Waals surface area contributed by atoms with E-state index in [1.165, 1.54) is 0 Å². The summed E-state index contributed by atoms with van der Waals surface area (Å²) in [5.74, 6) is -5.15. The van der Waals surface area contributed by atoms with Gasteiger partial charge in [-0.15, -0.1) is 0 Å². The number of hydrogen-bond acceptors (Lipinski definition) is 2. The molecule has 0 saturated carbocycles. The Morgan fingerprint density at radius 2 is 1.38 bits per heavy atom. The smallest absolute Gasteiger partial charge is 0.192 e. The maximum absolute atomic E-state index is 12.1. The van der Waals surface area contributed by atoms with Gasteiger partial charge in [0.1, 0.15) is 17.7 Å². The minimum absolute atomic E-state index is 0.715. The fourth-order valence-electron chi connectivity index (χ4n) is 0.353. The largest absolute Gasteiger partial charge is 0.457 e. The molecule has 0 radical (unpaired) electrons. The Labute approximate surface area is 69.5 Å². The number of halogens is 5. The van der Waals surface area contributed by atoms with Crippen LogP contribution in [0.25, 0.3) is 0 Å². The highest BCUT2D eigenvalue weighted by Crippen LogP contribution is 2.36. The van der Waals surface area contributed by atoms with Crippen LogP contribution in [0.1, 0.15) is 0 Å². The maximum Gasteiger partial charge on any atom is 0.457 e. The second kappa shape index (κ2) is 3.40. The molecule has 0 aliphatic rings. The van der Waals surface area contributed by atoms with Gasteiger partial charge in [-0.25, -0.2) is 0 Å². The number of hydrogen-bond donors (Lipinski definition) is 0. The highest BCUT2D eigenvalue weighted by atomic mass is 19.4. The maximum atomic E-state index is 12.1. The third-order valence-corrected chi connectivity index (χ3v) is 0.944. The lowest BCUT2D eigenvalue weighted by molar-refractivity contribution is -0.259. The first kappa shape index (κ1) is 11.4. The molecule has 0 aliphatic heterocycles.